The van der Waals surface area contributed by atoms with Crippen molar-refractivity contribution in [2.45, 2.75) is 26.7 Å². The van der Waals surface area contributed by atoms with Gasteiger partial charge in [0, 0.05) is 19.0 Å². The van der Waals surface area contributed by atoms with Gasteiger partial charge in [-0.3, -0.25) is 4.79 Å². The van der Waals surface area contributed by atoms with Crippen LogP contribution in [0.5, 0.6) is 0 Å². The minimum atomic E-state index is 0.234. The molecule has 16 heavy (non-hydrogen) atoms. The van der Waals surface area contributed by atoms with Crippen LogP contribution in [0.1, 0.15) is 26.7 Å². The summed E-state index contributed by atoms with van der Waals surface area (Å²) in [5, 5.41) is 6.32. The van der Waals surface area contributed by atoms with Gasteiger partial charge in [-0.2, -0.15) is 0 Å². The number of carbonyl (C=O) groups is 1. The smallest absolute Gasteiger partial charge is 0.223 e. The van der Waals surface area contributed by atoms with Crippen molar-refractivity contribution in [1.82, 2.24) is 15.5 Å². The predicted octanol–water partition coefficient (Wildman–Crippen LogP) is 0.444. The second kappa shape index (κ2) is 7.63. The van der Waals surface area contributed by atoms with E-state index < -0.39 is 0 Å². The average molecular weight is 227 g/mol. The first kappa shape index (κ1) is 13.5. The highest BCUT2D eigenvalue weighted by Gasteiger charge is 2.20. The third-order valence-corrected chi connectivity index (χ3v) is 3.33. The average Bonchev–Trinajstić information content (AvgIpc) is 2.35. The monoisotopic (exact) mass is 227 g/mol. The number of rotatable bonds is 6. The highest BCUT2D eigenvalue weighted by atomic mass is 16.1. The Hall–Kier alpha value is -0.610. The van der Waals surface area contributed by atoms with Gasteiger partial charge >= 0.3 is 0 Å². The topological polar surface area (TPSA) is 44.4 Å². The molecule has 2 N–H and O–H groups in total. The Morgan fingerprint density at radius 3 is 2.50 bits per heavy atom. The van der Waals surface area contributed by atoms with E-state index in [4.69, 9.17) is 0 Å². The van der Waals surface area contributed by atoms with Crippen LogP contribution in [0.2, 0.25) is 0 Å². The van der Waals surface area contributed by atoms with Gasteiger partial charge in [-0.1, -0.05) is 13.8 Å². The summed E-state index contributed by atoms with van der Waals surface area (Å²) >= 11 is 0. The molecule has 1 saturated heterocycles. The Morgan fingerprint density at radius 2 is 1.94 bits per heavy atom. The molecule has 0 unspecified atom stereocenters. The molecule has 4 nitrogen and oxygen atoms in total. The summed E-state index contributed by atoms with van der Waals surface area (Å²) in [6.07, 6.45) is 1.97. The van der Waals surface area contributed by atoms with E-state index in [0.29, 0.717) is 0 Å². The first-order valence-electron chi connectivity index (χ1n) is 6.48. The van der Waals surface area contributed by atoms with E-state index in [1.165, 1.54) is 0 Å². The van der Waals surface area contributed by atoms with Crippen molar-refractivity contribution in [2.24, 2.45) is 5.92 Å². The minimum Gasteiger partial charge on any atom is -0.355 e. The fourth-order valence-corrected chi connectivity index (χ4v) is 2.11. The second-order valence-electron chi connectivity index (χ2n) is 4.34. The zero-order valence-corrected chi connectivity index (χ0v) is 10.6. The number of hydrogen-bond donors (Lipinski definition) is 2. The molecule has 0 spiro atoms. The molecule has 0 bridgehead atoms. The summed E-state index contributed by atoms with van der Waals surface area (Å²) in [5.41, 5.74) is 0. The maximum Gasteiger partial charge on any atom is 0.223 e. The predicted molar refractivity (Wildman–Crippen MR) is 66.4 cm³/mol. The largest absolute Gasteiger partial charge is 0.355 e. The van der Waals surface area contributed by atoms with Crippen molar-refractivity contribution in [3.8, 4) is 0 Å². The van der Waals surface area contributed by atoms with Crippen molar-refractivity contribution < 1.29 is 4.79 Å². The molecule has 1 amide bonds. The van der Waals surface area contributed by atoms with Gasteiger partial charge in [0.1, 0.15) is 0 Å². The van der Waals surface area contributed by atoms with Gasteiger partial charge in [0.05, 0.1) is 0 Å². The Morgan fingerprint density at radius 1 is 1.31 bits per heavy atom. The minimum absolute atomic E-state index is 0.234. The van der Waals surface area contributed by atoms with Crippen molar-refractivity contribution in [2.75, 3.05) is 39.3 Å². The molecule has 0 saturated carbocycles. The van der Waals surface area contributed by atoms with Crippen molar-refractivity contribution in [1.29, 1.82) is 0 Å². The molecule has 1 aliphatic heterocycles. The van der Waals surface area contributed by atoms with Crippen LogP contribution in [0.4, 0.5) is 0 Å². The molecular weight excluding hydrogens is 202 g/mol. The Balaban J connectivity index is 2.13. The normalized spacial score (nSPS) is 17.7. The van der Waals surface area contributed by atoms with Crippen LogP contribution >= 0.6 is 0 Å². The lowest BCUT2D eigenvalue weighted by Crippen LogP contribution is -2.41. The lowest BCUT2D eigenvalue weighted by atomic mass is 9.97. The fraction of sp³-hybridized carbons (Fsp3) is 0.917. The van der Waals surface area contributed by atoms with E-state index in [-0.39, 0.29) is 11.8 Å². The summed E-state index contributed by atoms with van der Waals surface area (Å²) in [6, 6.07) is 0. The maximum absolute atomic E-state index is 11.8. The highest BCUT2D eigenvalue weighted by Crippen LogP contribution is 2.10. The molecule has 0 aromatic rings. The van der Waals surface area contributed by atoms with Gasteiger partial charge < -0.3 is 15.5 Å². The van der Waals surface area contributed by atoms with E-state index >= 15 is 0 Å². The van der Waals surface area contributed by atoms with Gasteiger partial charge in [0.25, 0.3) is 0 Å². The van der Waals surface area contributed by atoms with Crippen LogP contribution in [0.15, 0.2) is 0 Å². The van der Waals surface area contributed by atoms with Crippen molar-refractivity contribution in [3.63, 3.8) is 0 Å². The van der Waals surface area contributed by atoms with E-state index in [1.807, 2.05) is 0 Å². The van der Waals surface area contributed by atoms with Gasteiger partial charge in [0.2, 0.25) is 5.91 Å². The number of nitrogens with one attached hydrogen (secondary N) is 2. The summed E-state index contributed by atoms with van der Waals surface area (Å²) in [5.74, 6) is 0.478. The molecule has 0 radical (unpaired) electrons. The number of carbonyl (C=O) groups excluding carboxylic acids is 1. The fourth-order valence-electron chi connectivity index (χ4n) is 2.11. The summed E-state index contributed by atoms with van der Waals surface area (Å²) in [6.45, 7) is 10.1. The molecule has 0 aromatic heterocycles. The molecule has 0 aromatic carbocycles. The third kappa shape index (κ3) is 4.49. The Kier molecular flexibility index (Phi) is 6.42. The zero-order chi connectivity index (χ0) is 11.8. The molecule has 0 aliphatic carbocycles. The van der Waals surface area contributed by atoms with E-state index in [0.717, 1.165) is 52.1 Å². The summed E-state index contributed by atoms with van der Waals surface area (Å²) in [7, 11) is 0. The number of likely N-dealkylation sites (N-methyl/N-ethyl adjacent to an activating group) is 1. The van der Waals surface area contributed by atoms with E-state index in [9.17, 15) is 4.79 Å². The van der Waals surface area contributed by atoms with Crippen LogP contribution in [0, 0.1) is 5.92 Å². The van der Waals surface area contributed by atoms with Gasteiger partial charge in [-0.15, -0.1) is 0 Å². The quantitative estimate of drug-likeness (QED) is 0.692. The maximum atomic E-state index is 11.8. The molecule has 1 heterocycles. The first-order valence-corrected chi connectivity index (χ1v) is 6.48. The summed E-state index contributed by atoms with van der Waals surface area (Å²) in [4.78, 5) is 14.1. The molecule has 1 aliphatic rings. The van der Waals surface area contributed by atoms with Crippen LogP contribution in [0.25, 0.3) is 0 Å². The number of amides is 1. The lowest BCUT2D eigenvalue weighted by molar-refractivity contribution is -0.125. The third-order valence-electron chi connectivity index (χ3n) is 3.33. The molecular formula is C12H25N3O. The van der Waals surface area contributed by atoms with Gasteiger partial charge in [0.15, 0.2) is 0 Å². The number of hydrogen-bond acceptors (Lipinski definition) is 3. The summed E-state index contributed by atoms with van der Waals surface area (Å²) < 4.78 is 0. The SMILES string of the molecule is CCN(CC)CCNC(=O)C1CCNCC1. The standard InChI is InChI=1S/C12H25N3O/c1-3-15(4-2)10-9-14-12(16)11-5-7-13-8-6-11/h11,13H,3-10H2,1-2H3,(H,14,16). The number of piperidine rings is 1. The molecule has 94 valence electrons. The molecule has 1 fully saturated rings. The lowest BCUT2D eigenvalue weighted by Gasteiger charge is -2.23. The van der Waals surface area contributed by atoms with Gasteiger partial charge in [-0.25, -0.2) is 0 Å². The number of nitrogens with zero attached hydrogens (tertiary/aromatic N) is 1. The second-order valence-corrected chi connectivity index (χ2v) is 4.34. The zero-order valence-electron chi connectivity index (χ0n) is 10.6. The van der Waals surface area contributed by atoms with Crippen LogP contribution in [0.3, 0.4) is 0 Å². The van der Waals surface area contributed by atoms with Crippen LogP contribution < -0.4 is 10.6 Å². The van der Waals surface area contributed by atoms with E-state index in [1.54, 1.807) is 0 Å². The van der Waals surface area contributed by atoms with Gasteiger partial charge in [-0.05, 0) is 39.0 Å². The van der Waals surface area contributed by atoms with Crippen molar-refractivity contribution >= 4 is 5.91 Å². The molecule has 1 rings (SSSR count). The Bertz CT molecular complexity index is 198. The van der Waals surface area contributed by atoms with Crippen LogP contribution in [-0.4, -0.2) is 50.1 Å². The first-order chi connectivity index (χ1) is 7.77. The van der Waals surface area contributed by atoms with Crippen LogP contribution in [-0.2, 0) is 4.79 Å². The van der Waals surface area contributed by atoms with E-state index in [2.05, 4.69) is 29.4 Å². The van der Waals surface area contributed by atoms with Crippen molar-refractivity contribution in [3.05, 3.63) is 0 Å². The highest BCUT2D eigenvalue weighted by molar-refractivity contribution is 5.78. The Labute approximate surface area is 98.8 Å². The molecule has 0 atom stereocenters. The molecule has 4 heteroatoms.